The van der Waals surface area contributed by atoms with E-state index < -0.39 is 11.6 Å². The van der Waals surface area contributed by atoms with Crippen molar-refractivity contribution in [2.45, 2.75) is 9.92 Å². The highest BCUT2D eigenvalue weighted by Crippen LogP contribution is 2.29. The van der Waals surface area contributed by atoms with Gasteiger partial charge in [-0.15, -0.1) is 0 Å². The molecule has 16 heavy (non-hydrogen) atoms. The van der Waals surface area contributed by atoms with Crippen LogP contribution in [-0.4, -0.2) is 9.97 Å². The summed E-state index contributed by atoms with van der Waals surface area (Å²) in [6.07, 6.45) is 1.27. The van der Waals surface area contributed by atoms with Crippen molar-refractivity contribution in [3.63, 3.8) is 0 Å². The Morgan fingerprint density at radius 3 is 2.69 bits per heavy atom. The Kier molecular flexibility index (Phi) is 3.00. The first-order valence-electron chi connectivity index (χ1n) is 4.35. The SMILES string of the molecule is Nc1cc(Sc2cc(F)ccc2F)ncn1. The van der Waals surface area contributed by atoms with Crippen LogP contribution in [0.25, 0.3) is 0 Å². The van der Waals surface area contributed by atoms with Gasteiger partial charge in [-0.05, 0) is 18.2 Å². The number of nitrogen functional groups attached to an aromatic ring is 1. The fraction of sp³-hybridized carbons (Fsp3) is 0. The minimum Gasteiger partial charge on any atom is -0.384 e. The lowest BCUT2D eigenvalue weighted by Gasteiger charge is -2.02. The summed E-state index contributed by atoms with van der Waals surface area (Å²) in [5.41, 5.74) is 5.45. The average Bonchev–Trinajstić information content (AvgIpc) is 2.24. The van der Waals surface area contributed by atoms with E-state index in [9.17, 15) is 8.78 Å². The number of halogens is 2. The summed E-state index contributed by atoms with van der Waals surface area (Å²) in [4.78, 5) is 7.76. The molecule has 0 unspecified atom stereocenters. The molecule has 0 spiro atoms. The predicted molar refractivity (Wildman–Crippen MR) is 56.9 cm³/mol. The minimum atomic E-state index is -0.497. The van der Waals surface area contributed by atoms with Gasteiger partial charge in [-0.1, -0.05) is 11.8 Å². The Bertz CT molecular complexity index is 519. The van der Waals surface area contributed by atoms with Crippen LogP contribution in [0.4, 0.5) is 14.6 Å². The molecule has 2 aromatic rings. The molecular weight excluding hydrogens is 232 g/mol. The molecule has 82 valence electrons. The zero-order chi connectivity index (χ0) is 11.5. The number of nitrogens with zero attached hydrogens (tertiary/aromatic N) is 2. The lowest BCUT2D eigenvalue weighted by atomic mass is 10.3. The van der Waals surface area contributed by atoms with Gasteiger partial charge in [-0.25, -0.2) is 18.7 Å². The van der Waals surface area contributed by atoms with Crippen molar-refractivity contribution in [2.24, 2.45) is 0 Å². The maximum Gasteiger partial charge on any atom is 0.137 e. The Hall–Kier alpha value is -1.69. The van der Waals surface area contributed by atoms with Crippen LogP contribution in [0.15, 0.2) is 40.5 Å². The molecule has 0 fully saturated rings. The molecule has 0 aliphatic rings. The van der Waals surface area contributed by atoms with Crippen LogP contribution < -0.4 is 5.73 Å². The van der Waals surface area contributed by atoms with Crippen molar-refractivity contribution in [1.29, 1.82) is 0 Å². The van der Waals surface area contributed by atoms with Crippen LogP contribution in [0.2, 0.25) is 0 Å². The number of benzene rings is 1. The van der Waals surface area contributed by atoms with Crippen LogP contribution in [0.5, 0.6) is 0 Å². The first-order valence-corrected chi connectivity index (χ1v) is 5.17. The highest BCUT2D eigenvalue weighted by atomic mass is 32.2. The molecule has 1 aromatic carbocycles. The summed E-state index contributed by atoms with van der Waals surface area (Å²) in [7, 11) is 0. The number of anilines is 1. The van der Waals surface area contributed by atoms with Gasteiger partial charge in [-0.2, -0.15) is 0 Å². The highest BCUT2D eigenvalue weighted by Gasteiger charge is 2.07. The maximum absolute atomic E-state index is 13.3. The van der Waals surface area contributed by atoms with Crippen LogP contribution in [0, 0.1) is 11.6 Å². The summed E-state index contributed by atoms with van der Waals surface area (Å²) in [6.45, 7) is 0. The van der Waals surface area contributed by atoms with Gasteiger partial charge >= 0.3 is 0 Å². The number of hydrogen-bond donors (Lipinski definition) is 1. The van der Waals surface area contributed by atoms with Gasteiger partial charge in [0, 0.05) is 6.07 Å². The lowest BCUT2D eigenvalue weighted by Crippen LogP contribution is -1.92. The Morgan fingerprint density at radius 2 is 1.94 bits per heavy atom. The third-order valence-corrected chi connectivity index (χ3v) is 2.74. The van der Waals surface area contributed by atoms with E-state index in [1.54, 1.807) is 0 Å². The van der Waals surface area contributed by atoms with Crippen molar-refractivity contribution >= 4 is 17.6 Å². The summed E-state index contributed by atoms with van der Waals surface area (Å²) in [6, 6.07) is 4.74. The van der Waals surface area contributed by atoms with Gasteiger partial charge in [0.05, 0.1) is 4.90 Å². The highest BCUT2D eigenvalue weighted by molar-refractivity contribution is 7.99. The molecule has 0 radical (unpaired) electrons. The Labute approximate surface area is 94.7 Å². The summed E-state index contributed by atoms with van der Waals surface area (Å²) >= 11 is 0.996. The quantitative estimate of drug-likeness (QED) is 0.818. The van der Waals surface area contributed by atoms with Crippen LogP contribution in [-0.2, 0) is 0 Å². The molecule has 3 nitrogen and oxygen atoms in total. The molecule has 0 bridgehead atoms. The fourth-order valence-electron chi connectivity index (χ4n) is 1.08. The maximum atomic E-state index is 13.3. The van der Waals surface area contributed by atoms with Crippen LogP contribution >= 0.6 is 11.8 Å². The number of rotatable bonds is 2. The van der Waals surface area contributed by atoms with Gasteiger partial charge in [-0.3, -0.25) is 0 Å². The smallest absolute Gasteiger partial charge is 0.137 e. The molecule has 0 amide bonds. The van der Waals surface area contributed by atoms with Crippen molar-refractivity contribution in [2.75, 3.05) is 5.73 Å². The topological polar surface area (TPSA) is 51.8 Å². The van der Waals surface area contributed by atoms with Crippen LogP contribution in [0.1, 0.15) is 0 Å². The van der Waals surface area contributed by atoms with Crippen molar-refractivity contribution in [1.82, 2.24) is 9.97 Å². The molecule has 2 N–H and O–H groups in total. The second kappa shape index (κ2) is 4.44. The van der Waals surface area contributed by atoms with Gasteiger partial charge < -0.3 is 5.73 Å². The van der Waals surface area contributed by atoms with Crippen molar-refractivity contribution in [3.05, 3.63) is 42.2 Å². The molecule has 0 aliphatic carbocycles. The standard InChI is InChI=1S/C10H7F2N3S/c11-6-1-2-7(12)8(3-6)16-10-4-9(13)14-5-15-10/h1-5H,(H2,13,14,15). The van der Waals surface area contributed by atoms with Gasteiger partial charge in [0.2, 0.25) is 0 Å². The first-order chi connectivity index (χ1) is 7.65. The molecular formula is C10H7F2N3S. The van der Waals surface area contributed by atoms with Crippen molar-refractivity contribution < 1.29 is 8.78 Å². The summed E-state index contributed by atoms with van der Waals surface area (Å²) < 4.78 is 26.2. The van der Waals surface area contributed by atoms with E-state index in [1.807, 2.05) is 0 Å². The molecule has 0 atom stereocenters. The van der Waals surface area contributed by atoms with E-state index in [4.69, 9.17) is 5.73 Å². The van der Waals surface area contributed by atoms with Crippen molar-refractivity contribution in [3.8, 4) is 0 Å². The van der Waals surface area contributed by atoms with E-state index in [1.165, 1.54) is 12.4 Å². The molecule has 1 aromatic heterocycles. The second-order valence-corrected chi connectivity index (χ2v) is 4.02. The van der Waals surface area contributed by atoms with Gasteiger partial charge in [0.15, 0.2) is 0 Å². The number of nitrogens with two attached hydrogens (primary N) is 1. The van der Waals surface area contributed by atoms with E-state index >= 15 is 0 Å². The third kappa shape index (κ3) is 2.46. The Balaban J connectivity index is 2.30. The average molecular weight is 239 g/mol. The summed E-state index contributed by atoms with van der Waals surface area (Å²) in [5, 5.41) is 0.469. The molecule has 6 heteroatoms. The van der Waals surface area contributed by atoms with Gasteiger partial charge in [0.25, 0.3) is 0 Å². The zero-order valence-electron chi connectivity index (χ0n) is 8.02. The van der Waals surface area contributed by atoms with Gasteiger partial charge in [0.1, 0.15) is 28.8 Å². The zero-order valence-corrected chi connectivity index (χ0v) is 8.84. The molecule has 0 saturated heterocycles. The lowest BCUT2D eigenvalue weighted by molar-refractivity contribution is 0.577. The van der Waals surface area contributed by atoms with E-state index in [2.05, 4.69) is 9.97 Å². The van der Waals surface area contributed by atoms with E-state index in [0.29, 0.717) is 5.03 Å². The Morgan fingerprint density at radius 1 is 1.12 bits per heavy atom. The largest absolute Gasteiger partial charge is 0.384 e. The predicted octanol–water partition coefficient (Wildman–Crippen LogP) is 2.49. The molecule has 1 heterocycles. The molecule has 0 saturated carbocycles. The number of hydrogen-bond acceptors (Lipinski definition) is 4. The van der Waals surface area contributed by atoms with E-state index in [-0.39, 0.29) is 10.7 Å². The monoisotopic (exact) mass is 239 g/mol. The number of aromatic nitrogens is 2. The minimum absolute atomic E-state index is 0.165. The molecule has 0 aliphatic heterocycles. The first kappa shape index (κ1) is 10.8. The molecule has 2 rings (SSSR count). The third-order valence-electron chi connectivity index (χ3n) is 1.77. The second-order valence-electron chi connectivity index (χ2n) is 2.96. The summed E-state index contributed by atoms with van der Waals surface area (Å²) in [5.74, 6) is -0.705. The fourth-order valence-corrected chi connectivity index (χ4v) is 1.92. The van der Waals surface area contributed by atoms with E-state index in [0.717, 1.165) is 30.0 Å². The normalized spacial score (nSPS) is 10.4. The van der Waals surface area contributed by atoms with Crippen LogP contribution in [0.3, 0.4) is 0 Å².